The van der Waals surface area contributed by atoms with Gasteiger partial charge >= 0.3 is 0 Å². The van der Waals surface area contributed by atoms with Gasteiger partial charge in [0.05, 0.1) is 52.4 Å². The summed E-state index contributed by atoms with van der Waals surface area (Å²) in [5.74, 6) is 0. The first-order valence-corrected chi connectivity index (χ1v) is 8.58. The van der Waals surface area contributed by atoms with Crippen molar-refractivity contribution in [2.45, 2.75) is 0 Å². The number of piperazine rings is 6. The summed E-state index contributed by atoms with van der Waals surface area (Å²) < 4.78 is 2.75. The van der Waals surface area contributed by atoms with Crippen molar-refractivity contribution in [2.24, 2.45) is 0 Å². The Bertz CT molecular complexity index is 312. The molecule has 20 heavy (non-hydrogen) atoms. The van der Waals surface area contributed by atoms with Gasteiger partial charge < -0.3 is 8.97 Å². The Morgan fingerprint density at radius 2 is 0.850 bits per heavy atom. The summed E-state index contributed by atoms with van der Waals surface area (Å²) in [6, 6.07) is 0. The predicted molar refractivity (Wildman–Crippen MR) is 81.5 cm³/mol. The molecular weight excluding hydrogens is 248 g/mol. The van der Waals surface area contributed by atoms with Crippen LogP contribution in [0.5, 0.6) is 0 Å². The molecule has 0 aliphatic carbocycles. The summed E-state index contributed by atoms with van der Waals surface area (Å²) in [5, 5.41) is 0. The van der Waals surface area contributed by atoms with Gasteiger partial charge in [-0.2, -0.15) is 0 Å². The maximum atomic E-state index is 2.63. The Hall–Kier alpha value is -0.420. The highest BCUT2D eigenvalue weighted by atomic mass is 15.5. The van der Waals surface area contributed by atoms with Crippen LogP contribution in [0.3, 0.4) is 0 Å². The number of hydrogen-bond acceptors (Lipinski definition) is 2. The highest BCUT2D eigenvalue weighted by molar-refractivity contribution is 4.86. The molecule has 0 N–H and O–H groups in total. The molecule has 4 nitrogen and oxygen atoms in total. The van der Waals surface area contributed by atoms with Crippen LogP contribution >= 0.6 is 0 Å². The summed E-state index contributed by atoms with van der Waals surface area (Å²) in [7, 11) is 0. The molecule has 0 amide bonds. The van der Waals surface area contributed by atoms with Crippen LogP contribution in [0.2, 0.25) is 0 Å². The number of fused-ring (bicyclic) bond motifs is 6. The fourth-order valence-corrected chi connectivity index (χ4v) is 4.61. The van der Waals surface area contributed by atoms with Gasteiger partial charge in [0.25, 0.3) is 0 Å². The normalized spacial score (nSPS) is 47.2. The second-order valence-corrected chi connectivity index (χ2v) is 7.54. The lowest BCUT2D eigenvalue weighted by molar-refractivity contribution is -0.937. The summed E-state index contributed by atoms with van der Waals surface area (Å²) in [4.78, 5) is 5.27. The Labute approximate surface area is 123 Å². The zero-order valence-electron chi connectivity index (χ0n) is 12.8. The molecule has 0 saturated carbocycles. The van der Waals surface area contributed by atoms with Crippen LogP contribution in [-0.4, -0.2) is 110 Å². The van der Waals surface area contributed by atoms with Crippen LogP contribution in [-0.2, 0) is 0 Å². The number of rotatable bonds is 4. The average Bonchev–Trinajstić information content (AvgIpc) is 2.55. The van der Waals surface area contributed by atoms with Gasteiger partial charge in [-0.3, -0.25) is 9.80 Å². The van der Waals surface area contributed by atoms with Gasteiger partial charge in [-0.1, -0.05) is 0 Å². The first-order chi connectivity index (χ1) is 9.78. The molecule has 0 unspecified atom stereocenters. The monoisotopic (exact) mass is 278 g/mol. The highest BCUT2D eigenvalue weighted by Crippen LogP contribution is 2.21. The molecule has 4 bridgehead atoms. The van der Waals surface area contributed by atoms with Gasteiger partial charge in [-0.15, -0.1) is 0 Å². The topological polar surface area (TPSA) is 6.48 Å². The van der Waals surface area contributed by atoms with Crippen molar-refractivity contribution in [3.8, 4) is 0 Å². The van der Waals surface area contributed by atoms with Crippen LogP contribution in [0, 0.1) is 0 Å². The lowest BCUT2D eigenvalue weighted by atomic mass is 10.1. The summed E-state index contributed by atoms with van der Waals surface area (Å²) in [6.07, 6.45) is 5.05. The van der Waals surface area contributed by atoms with Crippen molar-refractivity contribution < 1.29 is 8.97 Å². The lowest BCUT2D eigenvalue weighted by Gasteiger charge is -2.50. The number of quaternary nitrogens is 2. The molecule has 6 aliphatic rings. The molecule has 6 heterocycles. The largest absolute Gasteiger partial charge is 0.317 e. The first-order valence-electron chi connectivity index (χ1n) is 8.58. The molecular formula is C16H30N4+2. The molecule has 0 aromatic heterocycles. The summed E-state index contributed by atoms with van der Waals surface area (Å²) in [5.41, 5.74) is 0. The van der Waals surface area contributed by atoms with Crippen molar-refractivity contribution in [2.75, 3.05) is 91.6 Å². The second kappa shape index (κ2) is 5.09. The summed E-state index contributed by atoms with van der Waals surface area (Å²) in [6.45, 7) is 18.9. The standard InChI is InChI=1S/C16H30N4/c1(9-19-11-3-17(4-12-19)5-13-19)2-10-20-14-6-18(7-15-20)8-16-20/h1-2H,3-16H2/q+2/b2-1-. The van der Waals surface area contributed by atoms with E-state index >= 15 is 0 Å². The molecule has 6 rings (SSSR count). The quantitative estimate of drug-likeness (QED) is 0.521. The number of hydrogen-bond donors (Lipinski definition) is 0. The van der Waals surface area contributed by atoms with Crippen LogP contribution in [0.4, 0.5) is 0 Å². The average molecular weight is 278 g/mol. The third-order valence-electron chi connectivity index (χ3n) is 6.50. The third-order valence-corrected chi connectivity index (χ3v) is 6.50. The third kappa shape index (κ3) is 2.43. The summed E-state index contributed by atoms with van der Waals surface area (Å²) >= 11 is 0. The van der Waals surface area contributed by atoms with Gasteiger partial charge in [-0.25, -0.2) is 0 Å². The van der Waals surface area contributed by atoms with E-state index in [0.29, 0.717) is 0 Å². The van der Waals surface area contributed by atoms with Crippen molar-refractivity contribution in [3.05, 3.63) is 12.2 Å². The molecule has 0 spiro atoms. The minimum atomic E-state index is 1.29. The molecule has 6 fully saturated rings. The van der Waals surface area contributed by atoms with Gasteiger partial charge in [0.1, 0.15) is 0 Å². The van der Waals surface area contributed by atoms with Crippen molar-refractivity contribution in [1.29, 1.82) is 0 Å². The van der Waals surface area contributed by atoms with E-state index in [2.05, 4.69) is 22.0 Å². The molecule has 0 radical (unpaired) electrons. The Morgan fingerprint density at radius 1 is 0.550 bits per heavy atom. The minimum absolute atomic E-state index is 1.29. The maximum absolute atomic E-state index is 2.63. The SMILES string of the molecule is C(=C/C[N+]12CCN(CC1)CC2)/C[N+]12CCN(CC1)CC2. The molecule has 4 heteroatoms. The van der Waals surface area contributed by atoms with E-state index < -0.39 is 0 Å². The highest BCUT2D eigenvalue weighted by Gasteiger charge is 2.38. The van der Waals surface area contributed by atoms with E-state index in [1.807, 2.05) is 0 Å². The zero-order valence-corrected chi connectivity index (χ0v) is 12.8. The van der Waals surface area contributed by atoms with E-state index in [4.69, 9.17) is 0 Å². The van der Waals surface area contributed by atoms with Gasteiger partial charge in [0.15, 0.2) is 0 Å². The molecule has 6 saturated heterocycles. The van der Waals surface area contributed by atoms with Crippen LogP contribution < -0.4 is 0 Å². The van der Waals surface area contributed by atoms with Gasteiger partial charge in [0, 0.05) is 39.3 Å². The minimum Gasteiger partial charge on any atom is -0.317 e. The zero-order chi connectivity index (χ0) is 13.5. The Morgan fingerprint density at radius 3 is 1.15 bits per heavy atom. The Kier molecular flexibility index (Phi) is 3.38. The maximum Gasteiger partial charge on any atom is 0.0976 e. The number of nitrogens with zero attached hydrogens (tertiary/aromatic N) is 4. The molecule has 0 aromatic carbocycles. The second-order valence-electron chi connectivity index (χ2n) is 7.54. The van der Waals surface area contributed by atoms with Gasteiger partial charge in [0.2, 0.25) is 0 Å². The Balaban J connectivity index is 1.31. The molecule has 0 atom stereocenters. The van der Waals surface area contributed by atoms with Crippen molar-refractivity contribution in [3.63, 3.8) is 0 Å². The van der Waals surface area contributed by atoms with Gasteiger partial charge in [-0.05, 0) is 12.2 Å². The van der Waals surface area contributed by atoms with Crippen molar-refractivity contribution in [1.82, 2.24) is 9.80 Å². The van der Waals surface area contributed by atoms with Crippen LogP contribution in [0.1, 0.15) is 0 Å². The lowest BCUT2D eigenvalue weighted by Crippen LogP contribution is -2.67. The fraction of sp³-hybridized carbons (Fsp3) is 0.875. The van der Waals surface area contributed by atoms with Crippen LogP contribution in [0.15, 0.2) is 12.2 Å². The predicted octanol–water partition coefficient (Wildman–Crippen LogP) is -0.165. The smallest absolute Gasteiger partial charge is 0.0976 e. The molecule has 112 valence electrons. The van der Waals surface area contributed by atoms with E-state index in [1.54, 1.807) is 0 Å². The van der Waals surface area contributed by atoms with E-state index in [1.165, 1.54) is 101 Å². The molecule has 6 aliphatic heterocycles. The molecule has 0 aromatic rings. The fourth-order valence-electron chi connectivity index (χ4n) is 4.61. The van der Waals surface area contributed by atoms with E-state index in [0.717, 1.165) is 0 Å². The van der Waals surface area contributed by atoms with Crippen molar-refractivity contribution >= 4 is 0 Å². The van der Waals surface area contributed by atoms with E-state index in [-0.39, 0.29) is 0 Å². The van der Waals surface area contributed by atoms with E-state index in [9.17, 15) is 0 Å². The first kappa shape index (κ1) is 13.3. The van der Waals surface area contributed by atoms with Crippen LogP contribution in [0.25, 0.3) is 0 Å².